The largest absolute Gasteiger partial charge is 0.350 e. The van der Waals surface area contributed by atoms with E-state index in [9.17, 15) is 18.8 Å². The number of rotatable bonds is 8. The number of amides is 3. The summed E-state index contributed by atoms with van der Waals surface area (Å²) in [6.45, 7) is 2.75. The molecule has 2 aromatic carbocycles. The molecule has 1 fully saturated rings. The number of halogens is 1. The van der Waals surface area contributed by atoms with Crippen molar-refractivity contribution in [1.29, 1.82) is 0 Å². The Morgan fingerprint density at radius 2 is 1.89 bits per heavy atom. The number of fused-ring (bicyclic) bond motifs is 1. The molecule has 0 radical (unpaired) electrons. The van der Waals surface area contributed by atoms with E-state index in [0.717, 1.165) is 45.1 Å². The van der Waals surface area contributed by atoms with Gasteiger partial charge in [0.2, 0.25) is 5.91 Å². The number of hydrogen-bond donors (Lipinski definition) is 1. The zero-order chi connectivity index (χ0) is 25.9. The standard InChI is InChI=1S/C28H24FN3O3S2/c1-2-19-5-3-7-23-20(16-31(26(19)23)17-25(33)30-14-22-6-4-12-36-22)13-24-27(34)32(28(35)37-24)15-18-8-10-21(29)11-9-18/h3-13,16H,2,14-15,17H2,1H3,(H,30,33)/b24-13-. The van der Waals surface area contributed by atoms with E-state index in [1.54, 1.807) is 29.5 Å². The Balaban J connectivity index is 1.42. The van der Waals surface area contributed by atoms with Gasteiger partial charge in [-0.15, -0.1) is 11.3 Å². The SMILES string of the molecule is CCc1cccc2c(/C=C3\SC(=O)N(Cc4ccc(F)cc4)C3=O)cn(CC(=O)NCc3cccs3)c12. The van der Waals surface area contributed by atoms with E-state index in [0.29, 0.717) is 17.0 Å². The maximum absolute atomic E-state index is 13.2. The first-order valence-electron chi connectivity index (χ1n) is 11.8. The van der Waals surface area contributed by atoms with Gasteiger partial charge in [-0.3, -0.25) is 19.3 Å². The van der Waals surface area contributed by atoms with E-state index in [4.69, 9.17) is 0 Å². The molecule has 188 valence electrons. The summed E-state index contributed by atoms with van der Waals surface area (Å²) in [6, 6.07) is 15.6. The molecule has 0 aliphatic carbocycles. The number of aromatic nitrogens is 1. The number of aryl methyl sites for hydroxylation is 1. The highest BCUT2D eigenvalue weighted by Gasteiger charge is 2.35. The first-order valence-corrected chi connectivity index (χ1v) is 13.5. The maximum atomic E-state index is 13.2. The fourth-order valence-electron chi connectivity index (χ4n) is 4.35. The van der Waals surface area contributed by atoms with Crippen molar-refractivity contribution in [3.8, 4) is 0 Å². The van der Waals surface area contributed by atoms with E-state index >= 15 is 0 Å². The number of thiophene rings is 1. The minimum absolute atomic E-state index is 0.0778. The molecule has 3 amide bonds. The lowest BCUT2D eigenvalue weighted by Gasteiger charge is -2.12. The van der Waals surface area contributed by atoms with Crippen molar-refractivity contribution in [2.24, 2.45) is 0 Å². The van der Waals surface area contributed by atoms with E-state index in [1.807, 2.05) is 46.5 Å². The van der Waals surface area contributed by atoms with Crippen LogP contribution in [0.5, 0.6) is 0 Å². The Hall–Kier alpha value is -3.69. The van der Waals surface area contributed by atoms with E-state index < -0.39 is 0 Å². The molecular formula is C28H24FN3O3S2. The van der Waals surface area contributed by atoms with Gasteiger partial charge in [0.05, 0.1) is 23.5 Å². The minimum atomic E-state index is -0.388. The van der Waals surface area contributed by atoms with Crippen LogP contribution in [0.1, 0.15) is 28.5 Å². The van der Waals surface area contributed by atoms with Crippen LogP contribution in [0.4, 0.5) is 9.18 Å². The molecule has 5 rings (SSSR count). The molecule has 6 nitrogen and oxygen atoms in total. The highest BCUT2D eigenvalue weighted by atomic mass is 32.2. The minimum Gasteiger partial charge on any atom is -0.350 e. The van der Waals surface area contributed by atoms with Crippen LogP contribution in [0, 0.1) is 5.82 Å². The molecule has 4 aromatic rings. The van der Waals surface area contributed by atoms with Gasteiger partial charge in [-0.25, -0.2) is 4.39 Å². The summed E-state index contributed by atoms with van der Waals surface area (Å²) in [7, 11) is 0. The molecule has 0 atom stereocenters. The normalized spacial score (nSPS) is 14.8. The number of benzene rings is 2. The van der Waals surface area contributed by atoms with Crippen LogP contribution in [0.2, 0.25) is 0 Å². The first kappa shape index (κ1) is 25.0. The fraction of sp³-hybridized carbons (Fsp3) is 0.179. The molecular weight excluding hydrogens is 509 g/mol. The molecule has 1 aliphatic heterocycles. The van der Waals surface area contributed by atoms with Crippen molar-refractivity contribution in [3.63, 3.8) is 0 Å². The zero-order valence-electron chi connectivity index (χ0n) is 20.1. The fourth-order valence-corrected chi connectivity index (χ4v) is 5.82. The Kier molecular flexibility index (Phi) is 7.25. The highest BCUT2D eigenvalue weighted by Crippen LogP contribution is 2.35. The summed E-state index contributed by atoms with van der Waals surface area (Å²) in [5, 5.41) is 5.48. The summed E-state index contributed by atoms with van der Waals surface area (Å²) in [5.41, 5.74) is 3.46. The Labute approximate surface area is 221 Å². The Morgan fingerprint density at radius 3 is 2.62 bits per heavy atom. The number of nitrogens with zero attached hydrogens (tertiary/aromatic N) is 2. The summed E-state index contributed by atoms with van der Waals surface area (Å²) in [4.78, 5) is 41.1. The molecule has 0 spiro atoms. The van der Waals surface area contributed by atoms with Crippen molar-refractivity contribution in [1.82, 2.24) is 14.8 Å². The van der Waals surface area contributed by atoms with Gasteiger partial charge in [0.1, 0.15) is 12.4 Å². The molecule has 1 aliphatic rings. The van der Waals surface area contributed by atoms with Gasteiger partial charge in [0.15, 0.2) is 0 Å². The lowest BCUT2D eigenvalue weighted by Crippen LogP contribution is -2.27. The van der Waals surface area contributed by atoms with Gasteiger partial charge >= 0.3 is 0 Å². The van der Waals surface area contributed by atoms with Crippen molar-refractivity contribution in [2.45, 2.75) is 33.0 Å². The molecule has 9 heteroatoms. The second kappa shape index (κ2) is 10.7. The lowest BCUT2D eigenvalue weighted by molar-refractivity contribution is -0.123. The third-order valence-electron chi connectivity index (χ3n) is 6.16. The number of carbonyl (C=O) groups excluding carboxylic acids is 3. The van der Waals surface area contributed by atoms with Gasteiger partial charge in [-0.2, -0.15) is 0 Å². The molecule has 2 aromatic heterocycles. The first-order chi connectivity index (χ1) is 17.9. The second-order valence-electron chi connectivity index (χ2n) is 8.63. The summed E-state index contributed by atoms with van der Waals surface area (Å²) in [6.07, 6.45) is 4.37. The van der Waals surface area contributed by atoms with E-state index in [-0.39, 0.29) is 36.0 Å². The number of carbonyl (C=O) groups is 3. The molecule has 3 heterocycles. The molecule has 0 saturated carbocycles. The third kappa shape index (κ3) is 5.38. The predicted octanol–water partition coefficient (Wildman–Crippen LogP) is 5.96. The van der Waals surface area contributed by atoms with Crippen LogP contribution in [0.3, 0.4) is 0 Å². The van der Waals surface area contributed by atoms with Crippen molar-refractivity contribution in [2.75, 3.05) is 0 Å². The molecule has 0 bridgehead atoms. The third-order valence-corrected chi connectivity index (χ3v) is 7.95. The van der Waals surface area contributed by atoms with Gasteiger partial charge in [-0.1, -0.05) is 43.3 Å². The summed E-state index contributed by atoms with van der Waals surface area (Å²) < 4.78 is 15.2. The van der Waals surface area contributed by atoms with Crippen LogP contribution in [0.15, 0.2) is 71.1 Å². The molecule has 1 N–H and O–H groups in total. The summed E-state index contributed by atoms with van der Waals surface area (Å²) in [5.74, 6) is -0.872. The number of imide groups is 1. The smallest absolute Gasteiger partial charge is 0.293 e. The van der Waals surface area contributed by atoms with Crippen molar-refractivity contribution in [3.05, 3.63) is 98.5 Å². The average Bonchev–Trinajstić information content (AvgIpc) is 3.60. The van der Waals surface area contributed by atoms with E-state index in [1.165, 1.54) is 17.0 Å². The number of thioether (sulfide) groups is 1. The Bertz CT molecular complexity index is 1510. The van der Waals surface area contributed by atoms with Crippen LogP contribution in [-0.4, -0.2) is 26.5 Å². The lowest BCUT2D eigenvalue weighted by atomic mass is 10.1. The number of hydrogen-bond acceptors (Lipinski definition) is 5. The van der Waals surface area contributed by atoms with Gasteiger partial charge in [0.25, 0.3) is 11.1 Å². The molecule has 37 heavy (non-hydrogen) atoms. The maximum Gasteiger partial charge on any atom is 0.293 e. The Morgan fingerprint density at radius 1 is 1.08 bits per heavy atom. The average molecular weight is 534 g/mol. The van der Waals surface area contributed by atoms with Crippen LogP contribution in [0.25, 0.3) is 17.0 Å². The quantitative estimate of drug-likeness (QED) is 0.284. The number of nitrogens with one attached hydrogen (secondary N) is 1. The molecule has 0 unspecified atom stereocenters. The van der Waals surface area contributed by atoms with Gasteiger partial charge < -0.3 is 9.88 Å². The predicted molar refractivity (Wildman–Crippen MR) is 145 cm³/mol. The second-order valence-corrected chi connectivity index (χ2v) is 10.7. The van der Waals surface area contributed by atoms with Crippen LogP contribution >= 0.6 is 23.1 Å². The van der Waals surface area contributed by atoms with E-state index in [2.05, 4.69) is 12.2 Å². The van der Waals surface area contributed by atoms with Crippen LogP contribution in [-0.2, 0) is 35.6 Å². The van der Waals surface area contributed by atoms with Crippen molar-refractivity contribution >= 4 is 57.1 Å². The van der Waals surface area contributed by atoms with Crippen molar-refractivity contribution < 1.29 is 18.8 Å². The van der Waals surface area contributed by atoms with Crippen LogP contribution < -0.4 is 5.32 Å². The monoisotopic (exact) mass is 533 g/mol. The zero-order valence-corrected chi connectivity index (χ0v) is 21.7. The summed E-state index contributed by atoms with van der Waals surface area (Å²) >= 11 is 2.48. The number of para-hydroxylation sites is 1. The highest BCUT2D eigenvalue weighted by molar-refractivity contribution is 8.18. The molecule has 1 saturated heterocycles. The topological polar surface area (TPSA) is 71.4 Å². The van der Waals surface area contributed by atoms with Gasteiger partial charge in [0, 0.05) is 22.0 Å². The van der Waals surface area contributed by atoms with Gasteiger partial charge in [-0.05, 0) is 59.0 Å².